The van der Waals surface area contributed by atoms with Crippen molar-refractivity contribution in [3.05, 3.63) is 11.6 Å². The lowest BCUT2D eigenvalue weighted by Crippen LogP contribution is -2.51. The van der Waals surface area contributed by atoms with E-state index < -0.39 is 0 Å². The van der Waals surface area contributed by atoms with Crippen LogP contribution in [0.25, 0.3) is 0 Å². The van der Waals surface area contributed by atoms with Crippen molar-refractivity contribution in [2.24, 2.45) is 69.6 Å². The molecule has 8 unspecified atom stereocenters. The summed E-state index contributed by atoms with van der Waals surface area (Å²) in [5, 5.41) is 0. The molecular weight excluding hydrogens is 689 g/mol. The van der Waals surface area contributed by atoms with Crippen molar-refractivity contribution in [1.29, 1.82) is 0 Å². The molecule has 4 N–H and O–H groups in total. The first-order chi connectivity index (χ1) is 23.9. The maximum atomic E-state index is 13.3. The predicted molar refractivity (Wildman–Crippen MR) is 218 cm³/mol. The van der Waals surface area contributed by atoms with E-state index in [-0.39, 0.29) is 48.2 Å². The SMILES string of the molecule is CC(C)CCCC(C)C1CCC2C3CC=C4CC(OC(=O)CCCC(=O)N(CCC5CC(N)C5)CCC5CC(N)C5)CCC4(C)C3CCC12C.Cl.Cl. The number of nitrogens with zero attached hydrogens (tertiary/aromatic N) is 1. The number of nitrogens with two attached hydrogens (primary N) is 2. The number of ether oxygens (including phenoxy) is 1. The van der Waals surface area contributed by atoms with Crippen molar-refractivity contribution < 1.29 is 14.3 Å². The van der Waals surface area contributed by atoms with Gasteiger partial charge in [0.15, 0.2) is 0 Å². The topological polar surface area (TPSA) is 98.7 Å². The first-order valence-electron chi connectivity index (χ1n) is 21.5. The van der Waals surface area contributed by atoms with Gasteiger partial charge in [-0.1, -0.05) is 65.5 Å². The van der Waals surface area contributed by atoms with Crippen LogP contribution < -0.4 is 11.5 Å². The molecule has 0 bridgehead atoms. The van der Waals surface area contributed by atoms with Crippen molar-refractivity contribution in [3.8, 4) is 0 Å². The van der Waals surface area contributed by atoms with Crippen molar-refractivity contribution in [2.75, 3.05) is 13.1 Å². The first kappa shape index (κ1) is 43.9. The van der Waals surface area contributed by atoms with Gasteiger partial charge in [0.2, 0.25) is 5.91 Å². The summed E-state index contributed by atoms with van der Waals surface area (Å²) in [7, 11) is 0. The minimum absolute atomic E-state index is 0. The summed E-state index contributed by atoms with van der Waals surface area (Å²) >= 11 is 0. The highest BCUT2D eigenvalue weighted by Crippen LogP contribution is 2.67. The van der Waals surface area contributed by atoms with Crippen LogP contribution in [0.4, 0.5) is 0 Å². The molecule has 0 aromatic rings. The molecular formula is C44H77Cl2N3O3. The molecule has 6 rings (SSSR count). The average molecular weight is 767 g/mol. The summed E-state index contributed by atoms with van der Waals surface area (Å²) in [5.41, 5.74) is 14.4. The Morgan fingerprint density at radius 2 is 1.50 bits per heavy atom. The van der Waals surface area contributed by atoms with Gasteiger partial charge in [0.05, 0.1) is 0 Å². The number of carbonyl (C=O) groups excluding carboxylic acids is 2. The largest absolute Gasteiger partial charge is 0.462 e. The average Bonchev–Trinajstić information content (AvgIpc) is 3.40. The van der Waals surface area contributed by atoms with Crippen molar-refractivity contribution in [1.82, 2.24) is 4.90 Å². The van der Waals surface area contributed by atoms with Crippen molar-refractivity contribution in [3.63, 3.8) is 0 Å². The minimum Gasteiger partial charge on any atom is -0.462 e. The van der Waals surface area contributed by atoms with Gasteiger partial charge in [-0.2, -0.15) is 0 Å². The molecule has 300 valence electrons. The van der Waals surface area contributed by atoms with E-state index in [1.54, 1.807) is 5.57 Å². The van der Waals surface area contributed by atoms with Gasteiger partial charge in [-0.3, -0.25) is 9.59 Å². The number of carbonyl (C=O) groups is 2. The van der Waals surface area contributed by atoms with E-state index in [1.165, 1.54) is 51.4 Å². The Bertz CT molecular complexity index is 1180. The number of hydrogen-bond acceptors (Lipinski definition) is 5. The maximum absolute atomic E-state index is 13.3. The van der Waals surface area contributed by atoms with Crippen LogP contribution in [0.15, 0.2) is 11.6 Å². The molecule has 0 aromatic heterocycles. The predicted octanol–water partition coefficient (Wildman–Crippen LogP) is 10.0. The first-order valence-corrected chi connectivity index (χ1v) is 21.5. The van der Waals surface area contributed by atoms with E-state index in [0.29, 0.717) is 48.6 Å². The van der Waals surface area contributed by atoms with Gasteiger partial charge in [-0.15, -0.1) is 24.8 Å². The molecule has 8 heteroatoms. The third-order valence-electron chi connectivity index (χ3n) is 15.8. The summed E-state index contributed by atoms with van der Waals surface area (Å²) in [6.45, 7) is 14.2. The van der Waals surface area contributed by atoms with E-state index >= 15 is 0 Å². The number of rotatable bonds is 16. The van der Waals surface area contributed by atoms with Crippen LogP contribution in [-0.4, -0.2) is 48.1 Å². The second-order valence-electron chi connectivity index (χ2n) is 19.7. The highest BCUT2D eigenvalue weighted by atomic mass is 35.5. The molecule has 1 amide bonds. The molecule has 0 spiro atoms. The second-order valence-corrected chi connectivity index (χ2v) is 19.7. The van der Waals surface area contributed by atoms with E-state index in [9.17, 15) is 9.59 Å². The summed E-state index contributed by atoms with van der Waals surface area (Å²) in [6.07, 6.45) is 24.4. The van der Waals surface area contributed by atoms with Gasteiger partial charge in [0.25, 0.3) is 0 Å². The normalized spacial score (nSPS) is 38.2. The van der Waals surface area contributed by atoms with Crippen LogP contribution in [0.5, 0.6) is 0 Å². The number of fused-ring (bicyclic) bond motifs is 5. The highest BCUT2D eigenvalue weighted by molar-refractivity contribution is 5.85. The smallest absolute Gasteiger partial charge is 0.306 e. The molecule has 0 heterocycles. The zero-order chi connectivity index (χ0) is 35.6. The lowest BCUT2D eigenvalue weighted by molar-refractivity contribution is -0.151. The highest BCUT2D eigenvalue weighted by Gasteiger charge is 2.59. The maximum Gasteiger partial charge on any atom is 0.306 e. The quantitative estimate of drug-likeness (QED) is 0.120. The molecule has 0 radical (unpaired) electrons. The fourth-order valence-corrected chi connectivity index (χ4v) is 12.6. The fourth-order valence-electron chi connectivity index (χ4n) is 12.6. The zero-order valence-corrected chi connectivity index (χ0v) is 35.3. The van der Waals surface area contributed by atoms with Crippen LogP contribution in [0.2, 0.25) is 0 Å². The van der Waals surface area contributed by atoms with E-state index in [0.717, 1.165) is 106 Å². The third kappa shape index (κ3) is 9.94. The molecule has 0 aliphatic heterocycles. The summed E-state index contributed by atoms with van der Waals surface area (Å²) in [6, 6.07) is 0.690. The number of halogens is 2. The monoisotopic (exact) mass is 766 g/mol. The number of esters is 1. The Hall–Kier alpha value is -0.820. The molecule has 0 aromatic carbocycles. The van der Waals surface area contributed by atoms with E-state index in [2.05, 4.69) is 45.6 Å². The molecule has 5 saturated carbocycles. The second kappa shape index (κ2) is 18.9. The molecule has 5 fully saturated rings. The zero-order valence-electron chi connectivity index (χ0n) is 33.6. The molecule has 6 nitrogen and oxygen atoms in total. The van der Waals surface area contributed by atoms with Crippen molar-refractivity contribution >= 4 is 36.7 Å². The van der Waals surface area contributed by atoms with Gasteiger partial charge < -0.3 is 21.1 Å². The third-order valence-corrected chi connectivity index (χ3v) is 15.8. The van der Waals surface area contributed by atoms with Crippen LogP contribution in [0.3, 0.4) is 0 Å². The summed E-state index contributed by atoms with van der Waals surface area (Å²) in [5.74, 6) is 6.42. The Morgan fingerprint density at radius 3 is 2.12 bits per heavy atom. The number of hydrogen-bond donors (Lipinski definition) is 2. The molecule has 8 atom stereocenters. The van der Waals surface area contributed by atoms with Crippen LogP contribution in [0.1, 0.15) is 163 Å². The molecule has 6 aliphatic rings. The van der Waals surface area contributed by atoms with E-state index in [1.807, 2.05) is 0 Å². The Labute approximate surface area is 330 Å². The van der Waals surface area contributed by atoms with Gasteiger partial charge in [-0.25, -0.2) is 0 Å². The lowest BCUT2D eigenvalue weighted by Gasteiger charge is -2.58. The van der Waals surface area contributed by atoms with E-state index in [4.69, 9.17) is 16.2 Å². The molecule has 6 aliphatic carbocycles. The Balaban J connectivity index is 0.00000302. The lowest BCUT2D eigenvalue weighted by atomic mass is 9.47. The Morgan fingerprint density at radius 1 is 0.846 bits per heavy atom. The number of amides is 1. The summed E-state index contributed by atoms with van der Waals surface area (Å²) in [4.78, 5) is 28.4. The standard InChI is InChI=1S/C44H75N3O3.2ClH/c1-29(2)8-6-9-30(3)38-14-15-39-37-13-12-33-28-36(16-20-43(33,4)40(37)17-21-44(38,39)5)50-42(49)11-7-10-41(48)47(22-18-31-24-34(45)25-31)23-19-32-26-35(46)27-32;;/h12,29-32,34-40H,6-11,13-28,45-46H2,1-5H3;2*1H. The van der Waals surface area contributed by atoms with Gasteiger partial charge in [0, 0.05) is 44.4 Å². The molecule has 52 heavy (non-hydrogen) atoms. The van der Waals surface area contributed by atoms with Gasteiger partial charge in [0.1, 0.15) is 6.10 Å². The Kier molecular flexibility index (Phi) is 15.9. The summed E-state index contributed by atoms with van der Waals surface area (Å²) < 4.78 is 6.13. The van der Waals surface area contributed by atoms with Gasteiger partial charge in [-0.05, 0) is 148 Å². The van der Waals surface area contributed by atoms with Crippen LogP contribution in [-0.2, 0) is 14.3 Å². The van der Waals surface area contributed by atoms with Crippen molar-refractivity contribution in [2.45, 2.75) is 181 Å². The van der Waals surface area contributed by atoms with Crippen LogP contribution >= 0.6 is 24.8 Å². The minimum atomic E-state index is -0.118. The van der Waals surface area contributed by atoms with Gasteiger partial charge >= 0.3 is 5.97 Å². The van der Waals surface area contributed by atoms with Crippen LogP contribution in [0, 0.1) is 58.2 Å². The molecule has 0 saturated heterocycles. The number of allylic oxidation sites excluding steroid dienone is 1. The fraction of sp³-hybridized carbons (Fsp3) is 0.909.